The van der Waals surface area contributed by atoms with E-state index in [9.17, 15) is 4.79 Å². The first-order valence-electron chi connectivity index (χ1n) is 11.3. The van der Waals surface area contributed by atoms with Gasteiger partial charge in [-0.15, -0.1) is 0 Å². The number of allylic oxidation sites excluding steroid dienone is 1. The minimum Gasteiger partial charge on any atom is -0.497 e. The number of aryl methyl sites for hydroxylation is 2. The van der Waals surface area contributed by atoms with Crippen LogP contribution in [-0.2, 0) is 4.79 Å². The Balaban J connectivity index is 1.76. The number of furan rings is 1. The van der Waals surface area contributed by atoms with Crippen LogP contribution in [0.15, 0.2) is 71.4 Å². The topological polar surface area (TPSA) is 60.7 Å². The zero-order chi connectivity index (χ0) is 24.2. The summed E-state index contributed by atoms with van der Waals surface area (Å²) in [5.74, 6) is 1.18. The molecule has 0 spiro atoms. The van der Waals surface area contributed by atoms with E-state index < -0.39 is 0 Å². The number of hydrogen-bond donors (Lipinski definition) is 1. The van der Waals surface area contributed by atoms with Crippen LogP contribution in [0, 0.1) is 13.8 Å². The lowest BCUT2D eigenvalue weighted by Gasteiger charge is -2.15. The number of carbonyl (C=O) groups is 1. The van der Waals surface area contributed by atoms with Crippen molar-refractivity contribution in [2.24, 2.45) is 0 Å². The van der Waals surface area contributed by atoms with Crippen molar-refractivity contribution in [3.8, 4) is 22.6 Å². The van der Waals surface area contributed by atoms with Crippen molar-refractivity contribution in [1.29, 1.82) is 0 Å². The molecular formula is C29H29NO4. The highest BCUT2D eigenvalue weighted by Gasteiger charge is 2.19. The van der Waals surface area contributed by atoms with Gasteiger partial charge >= 0.3 is 0 Å². The Hall–Kier alpha value is -3.99. The van der Waals surface area contributed by atoms with Crippen LogP contribution in [0.1, 0.15) is 30.5 Å². The summed E-state index contributed by atoms with van der Waals surface area (Å²) in [6.45, 7) is 8.43. The Morgan fingerprint density at radius 3 is 2.56 bits per heavy atom. The maximum Gasteiger partial charge on any atom is 0.248 e. The van der Waals surface area contributed by atoms with Crippen molar-refractivity contribution >= 4 is 28.1 Å². The van der Waals surface area contributed by atoms with E-state index in [1.807, 2.05) is 39.0 Å². The summed E-state index contributed by atoms with van der Waals surface area (Å²) in [6, 6.07) is 17.7. The van der Waals surface area contributed by atoms with Crippen molar-refractivity contribution in [2.75, 3.05) is 19.0 Å². The fourth-order valence-corrected chi connectivity index (χ4v) is 4.05. The number of nitrogens with one attached hydrogen (secondary N) is 1. The van der Waals surface area contributed by atoms with Gasteiger partial charge in [-0.1, -0.05) is 35.9 Å². The molecule has 3 aromatic carbocycles. The molecule has 1 N–H and O–H groups in total. The first-order chi connectivity index (χ1) is 16.4. The highest BCUT2D eigenvalue weighted by atomic mass is 16.5. The zero-order valence-electron chi connectivity index (χ0n) is 20.2. The van der Waals surface area contributed by atoms with Gasteiger partial charge in [0.2, 0.25) is 5.91 Å². The molecule has 0 saturated heterocycles. The first-order valence-corrected chi connectivity index (χ1v) is 11.3. The van der Waals surface area contributed by atoms with E-state index in [0.29, 0.717) is 18.0 Å². The Bertz CT molecular complexity index is 1360. The lowest BCUT2D eigenvalue weighted by atomic mass is 9.96. The van der Waals surface area contributed by atoms with Gasteiger partial charge in [0, 0.05) is 39.9 Å². The Morgan fingerprint density at radius 1 is 1.09 bits per heavy atom. The third kappa shape index (κ3) is 4.69. The second-order valence-electron chi connectivity index (χ2n) is 8.25. The third-order valence-corrected chi connectivity index (χ3v) is 5.80. The molecule has 1 heterocycles. The van der Waals surface area contributed by atoms with E-state index in [1.165, 1.54) is 5.56 Å². The van der Waals surface area contributed by atoms with Gasteiger partial charge in [0.05, 0.1) is 20.0 Å². The highest BCUT2D eigenvalue weighted by Crippen LogP contribution is 2.40. The summed E-state index contributed by atoms with van der Waals surface area (Å²) in [5.41, 5.74) is 7.32. The minimum absolute atomic E-state index is 0.225. The fraction of sp³-hybridized carbons (Fsp3) is 0.207. The molecule has 0 atom stereocenters. The zero-order valence-corrected chi connectivity index (χ0v) is 20.2. The predicted octanol–water partition coefficient (Wildman–Crippen LogP) is 7.17. The van der Waals surface area contributed by atoms with Crippen LogP contribution in [0.5, 0.6) is 11.5 Å². The molecule has 5 heteroatoms. The monoisotopic (exact) mass is 455 g/mol. The van der Waals surface area contributed by atoms with E-state index in [2.05, 4.69) is 42.6 Å². The summed E-state index contributed by atoms with van der Waals surface area (Å²) in [4.78, 5) is 12.8. The number of hydrogen-bond acceptors (Lipinski definition) is 4. The molecule has 34 heavy (non-hydrogen) atoms. The number of fused-ring (bicyclic) bond motifs is 1. The molecule has 4 rings (SSSR count). The molecule has 0 saturated carbocycles. The number of benzene rings is 3. The number of methoxy groups -OCH3 is 1. The molecule has 174 valence electrons. The van der Waals surface area contributed by atoms with Crippen molar-refractivity contribution < 1.29 is 18.7 Å². The normalized spacial score (nSPS) is 11.5. The van der Waals surface area contributed by atoms with Crippen molar-refractivity contribution in [3.05, 3.63) is 83.6 Å². The molecule has 4 aromatic rings. The van der Waals surface area contributed by atoms with Gasteiger partial charge in [-0.25, -0.2) is 0 Å². The number of ether oxygens (including phenoxy) is 2. The van der Waals surface area contributed by atoms with E-state index in [1.54, 1.807) is 25.5 Å². The van der Waals surface area contributed by atoms with Crippen LogP contribution in [0.4, 0.5) is 5.69 Å². The van der Waals surface area contributed by atoms with Gasteiger partial charge in [0.15, 0.2) is 0 Å². The molecule has 1 aromatic heterocycles. The Kier molecular flexibility index (Phi) is 6.73. The fourth-order valence-electron chi connectivity index (χ4n) is 4.05. The molecule has 0 fully saturated rings. The second-order valence-corrected chi connectivity index (χ2v) is 8.25. The largest absolute Gasteiger partial charge is 0.497 e. The highest BCUT2D eigenvalue weighted by molar-refractivity contribution is 6.06. The van der Waals surface area contributed by atoms with Crippen LogP contribution in [0.2, 0.25) is 0 Å². The molecular weight excluding hydrogens is 426 g/mol. The molecule has 5 nitrogen and oxygen atoms in total. The van der Waals surface area contributed by atoms with Gasteiger partial charge in [-0.05, 0) is 57.0 Å². The lowest BCUT2D eigenvalue weighted by molar-refractivity contribution is -0.111. The number of carbonyl (C=O) groups excluding carboxylic acids is 1. The summed E-state index contributed by atoms with van der Waals surface area (Å²) >= 11 is 0. The van der Waals surface area contributed by atoms with Gasteiger partial charge in [-0.3, -0.25) is 4.79 Å². The van der Waals surface area contributed by atoms with Crippen LogP contribution in [0.25, 0.3) is 27.7 Å². The number of rotatable bonds is 7. The Labute approximate surface area is 200 Å². The summed E-state index contributed by atoms with van der Waals surface area (Å²) in [6.07, 6.45) is 3.38. The molecule has 0 aliphatic heterocycles. The van der Waals surface area contributed by atoms with E-state index in [0.717, 1.165) is 44.5 Å². The summed E-state index contributed by atoms with van der Waals surface area (Å²) in [7, 11) is 1.60. The quantitative estimate of drug-likeness (QED) is 0.300. The smallest absolute Gasteiger partial charge is 0.248 e. The number of amides is 1. The van der Waals surface area contributed by atoms with Gasteiger partial charge < -0.3 is 19.2 Å². The van der Waals surface area contributed by atoms with Crippen molar-refractivity contribution in [3.63, 3.8) is 0 Å². The van der Waals surface area contributed by atoms with Gasteiger partial charge in [-0.2, -0.15) is 0 Å². The van der Waals surface area contributed by atoms with Crippen LogP contribution < -0.4 is 14.8 Å². The van der Waals surface area contributed by atoms with E-state index in [4.69, 9.17) is 13.9 Å². The van der Waals surface area contributed by atoms with Crippen LogP contribution in [-0.4, -0.2) is 19.6 Å². The average molecular weight is 456 g/mol. The maximum absolute atomic E-state index is 12.8. The molecule has 0 unspecified atom stereocenters. The third-order valence-electron chi connectivity index (χ3n) is 5.80. The summed E-state index contributed by atoms with van der Waals surface area (Å²) in [5, 5.41) is 3.89. The summed E-state index contributed by atoms with van der Waals surface area (Å²) < 4.78 is 17.2. The van der Waals surface area contributed by atoms with Crippen molar-refractivity contribution in [1.82, 2.24) is 0 Å². The average Bonchev–Trinajstić information content (AvgIpc) is 3.25. The predicted molar refractivity (Wildman–Crippen MR) is 138 cm³/mol. The van der Waals surface area contributed by atoms with E-state index in [-0.39, 0.29) is 5.91 Å². The Morgan fingerprint density at radius 2 is 1.85 bits per heavy atom. The molecule has 0 bridgehead atoms. The van der Waals surface area contributed by atoms with Crippen LogP contribution >= 0.6 is 0 Å². The minimum atomic E-state index is -0.225. The van der Waals surface area contributed by atoms with E-state index >= 15 is 0 Å². The van der Waals surface area contributed by atoms with Gasteiger partial charge in [0.1, 0.15) is 17.1 Å². The van der Waals surface area contributed by atoms with Gasteiger partial charge in [0.25, 0.3) is 0 Å². The van der Waals surface area contributed by atoms with Crippen molar-refractivity contribution in [2.45, 2.75) is 27.7 Å². The SMILES string of the molecule is CCOc1c(/C(C)=C/C(=O)Nc2cccc(OC)c2)cc2c(-c3ccc(C)cc3)coc2c1C. The molecule has 0 aliphatic rings. The first kappa shape index (κ1) is 23.2. The molecule has 1 amide bonds. The molecule has 0 radical (unpaired) electrons. The molecule has 0 aliphatic carbocycles. The maximum atomic E-state index is 12.8. The lowest BCUT2D eigenvalue weighted by Crippen LogP contribution is -2.09. The standard InChI is InChI=1S/C29H29NO4/c1-6-33-28-20(4)29-25(26(17-34-29)21-12-10-18(2)11-13-21)16-24(28)19(3)14-27(31)30-22-8-7-9-23(15-22)32-5/h7-17H,6H2,1-5H3,(H,30,31)/b19-14+. The van der Waals surface area contributed by atoms with Crippen LogP contribution in [0.3, 0.4) is 0 Å². The number of anilines is 1. The second kappa shape index (κ2) is 9.87.